The molecule has 2 aliphatic rings. The Bertz CT molecular complexity index is 937. The SMILES string of the molecule is CCC1(C(=O)O)CC(C)(C)CC1NC(=O)OCC1c2ccccc2-c2ccccc21. The average molecular weight is 408 g/mol. The van der Waals surface area contributed by atoms with Gasteiger partial charge in [0.2, 0.25) is 0 Å². The lowest BCUT2D eigenvalue weighted by molar-refractivity contribution is -0.150. The number of rotatable bonds is 5. The molecule has 0 bridgehead atoms. The van der Waals surface area contributed by atoms with E-state index in [9.17, 15) is 14.7 Å². The monoisotopic (exact) mass is 407 g/mol. The molecule has 5 heteroatoms. The van der Waals surface area contributed by atoms with Crippen LogP contribution in [0.2, 0.25) is 0 Å². The Kier molecular flexibility index (Phi) is 5.08. The van der Waals surface area contributed by atoms with Crippen LogP contribution in [0.3, 0.4) is 0 Å². The fourth-order valence-corrected chi connectivity index (χ4v) is 5.52. The Morgan fingerprint density at radius 2 is 1.63 bits per heavy atom. The zero-order valence-corrected chi connectivity index (χ0v) is 17.8. The maximum absolute atomic E-state index is 12.7. The molecule has 2 N–H and O–H groups in total. The van der Waals surface area contributed by atoms with Gasteiger partial charge in [-0.1, -0.05) is 69.3 Å². The number of ether oxygens (including phenoxy) is 1. The van der Waals surface area contributed by atoms with Crippen LogP contribution in [-0.4, -0.2) is 29.8 Å². The second-order valence-corrected chi connectivity index (χ2v) is 9.38. The Labute approximate surface area is 177 Å². The van der Waals surface area contributed by atoms with Crippen molar-refractivity contribution in [3.05, 3.63) is 59.7 Å². The number of fused-ring (bicyclic) bond motifs is 3. The lowest BCUT2D eigenvalue weighted by atomic mass is 9.78. The molecule has 1 amide bonds. The Hall–Kier alpha value is -2.82. The topological polar surface area (TPSA) is 75.6 Å². The molecule has 2 aromatic rings. The van der Waals surface area contributed by atoms with Gasteiger partial charge in [0, 0.05) is 12.0 Å². The number of carbonyl (C=O) groups is 2. The van der Waals surface area contributed by atoms with Crippen LogP contribution in [0.15, 0.2) is 48.5 Å². The second-order valence-electron chi connectivity index (χ2n) is 9.38. The highest BCUT2D eigenvalue weighted by Gasteiger charge is 2.55. The Morgan fingerprint density at radius 1 is 1.07 bits per heavy atom. The van der Waals surface area contributed by atoms with Gasteiger partial charge >= 0.3 is 12.1 Å². The minimum atomic E-state index is -0.949. The third-order valence-corrected chi connectivity index (χ3v) is 6.91. The van der Waals surface area contributed by atoms with Crippen LogP contribution < -0.4 is 5.32 Å². The quantitative estimate of drug-likeness (QED) is 0.715. The molecule has 0 saturated heterocycles. The van der Waals surface area contributed by atoms with E-state index in [0.717, 1.165) is 11.1 Å². The van der Waals surface area contributed by atoms with Gasteiger partial charge in [-0.15, -0.1) is 0 Å². The third kappa shape index (κ3) is 3.36. The molecule has 5 nitrogen and oxygen atoms in total. The van der Waals surface area contributed by atoms with Crippen molar-refractivity contribution in [2.45, 2.75) is 52.0 Å². The Morgan fingerprint density at radius 3 is 2.17 bits per heavy atom. The van der Waals surface area contributed by atoms with Crippen molar-refractivity contribution in [1.82, 2.24) is 5.32 Å². The van der Waals surface area contributed by atoms with E-state index in [0.29, 0.717) is 19.3 Å². The van der Waals surface area contributed by atoms with Gasteiger partial charge in [0.15, 0.2) is 0 Å². The molecule has 2 atom stereocenters. The van der Waals surface area contributed by atoms with Gasteiger partial charge in [-0.2, -0.15) is 0 Å². The van der Waals surface area contributed by atoms with E-state index in [1.54, 1.807) is 0 Å². The number of carboxylic acids is 1. The molecule has 2 unspecified atom stereocenters. The standard InChI is InChI=1S/C25H29NO4/c1-4-25(22(27)28)15-24(2,3)13-21(25)26-23(29)30-14-20-18-11-7-5-9-16(18)17-10-6-8-12-19(17)20/h5-12,20-21H,4,13-15H2,1-3H3,(H,26,29)(H,27,28). The van der Waals surface area contributed by atoms with Crippen molar-refractivity contribution in [2.75, 3.05) is 6.61 Å². The van der Waals surface area contributed by atoms with Crippen molar-refractivity contribution in [3.8, 4) is 11.1 Å². The van der Waals surface area contributed by atoms with Crippen LogP contribution in [0.4, 0.5) is 4.79 Å². The van der Waals surface area contributed by atoms with E-state index in [1.807, 2.05) is 31.2 Å². The average Bonchev–Trinajstić information content (AvgIpc) is 3.18. The molecule has 2 aromatic carbocycles. The molecule has 0 aliphatic heterocycles. The zero-order valence-electron chi connectivity index (χ0n) is 17.8. The van der Waals surface area contributed by atoms with Gasteiger partial charge in [-0.3, -0.25) is 4.79 Å². The highest BCUT2D eigenvalue weighted by Crippen LogP contribution is 2.51. The summed E-state index contributed by atoms with van der Waals surface area (Å²) in [7, 11) is 0. The number of hydrogen-bond donors (Lipinski definition) is 2. The minimum Gasteiger partial charge on any atom is -0.481 e. The molecule has 1 saturated carbocycles. The fraction of sp³-hybridized carbons (Fsp3) is 0.440. The maximum atomic E-state index is 12.7. The summed E-state index contributed by atoms with van der Waals surface area (Å²) in [6.07, 6.45) is 1.09. The largest absolute Gasteiger partial charge is 0.481 e. The van der Waals surface area contributed by atoms with Crippen molar-refractivity contribution < 1.29 is 19.4 Å². The van der Waals surface area contributed by atoms with E-state index in [2.05, 4.69) is 43.4 Å². The van der Waals surface area contributed by atoms with Crippen molar-refractivity contribution >= 4 is 12.1 Å². The lowest BCUT2D eigenvalue weighted by Gasteiger charge is -2.30. The molecule has 2 aliphatic carbocycles. The van der Waals surface area contributed by atoms with Gasteiger partial charge < -0.3 is 15.2 Å². The van der Waals surface area contributed by atoms with E-state index >= 15 is 0 Å². The van der Waals surface area contributed by atoms with Crippen molar-refractivity contribution in [3.63, 3.8) is 0 Å². The molecule has 0 radical (unpaired) electrons. The number of amides is 1. The van der Waals surface area contributed by atoms with Gasteiger partial charge in [0.05, 0.1) is 5.41 Å². The number of carbonyl (C=O) groups excluding carboxylic acids is 1. The molecule has 1 fully saturated rings. The molecular weight excluding hydrogens is 378 g/mol. The molecule has 0 spiro atoms. The zero-order chi connectivity index (χ0) is 21.5. The Balaban J connectivity index is 1.49. The summed E-state index contributed by atoms with van der Waals surface area (Å²) in [6, 6.07) is 15.9. The first kappa shape index (κ1) is 20.5. The maximum Gasteiger partial charge on any atom is 0.407 e. The lowest BCUT2D eigenvalue weighted by Crippen LogP contribution is -2.48. The minimum absolute atomic E-state index is 0.0152. The van der Waals surface area contributed by atoms with Gasteiger partial charge in [-0.05, 0) is 46.9 Å². The summed E-state index contributed by atoms with van der Waals surface area (Å²) < 4.78 is 5.64. The predicted molar refractivity (Wildman–Crippen MR) is 115 cm³/mol. The van der Waals surface area contributed by atoms with Crippen LogP contribution >= 0.6 is 0 Å². The molecule has 4 rings (SSSR count). The number of alkyl carbamates (subject to hydrolysis) is 1. The van der Waals surface area contributed by atoms with Crippen LogP contribution in [-0.2, 0) is 9.53 Å². The molecule has 158 valence electrons. The summed E-state index contributed by atoms with van der Waals surface area (Å²) in [5.41, 5.74) is 3.57. The van der Waals surface area contributed by atoms with Crippen LogP contribution in [0, 0.1) is 10.8 Å². The van der Waals surface area contributed by atoms with E-state index < -0.39 is 23.5 Å². The predicted octanol–water partition coefficient (Wildman–Crippen LogP) is 5.19. The summed E-state index contributed by atoms with van der Waals surface area (Å²) in [6.45, 7) is 6.21. The van der Waals surface area contributed by atoms with Crippen molar-refractivity contribution in [2.24, 2.45) is 10.8 Å². The van der Waals surface area contributed by atoms with Crippen LogP contribution in [0.5, 0.6) is 0 Å². The summed E-state index contributed by atoms with van der Waals surface area (Å²) in [5, 5.41) is 12.8. The molecular formula is C25H29NO4. The summed E-state index contributed by atoms with van der Waals surface area (Å²) in [5.74, 6) is -0.863. The normalized spacial score (nSPS) is 24.2. The van der Waals surface area contributed by atoms with Crippen LogP contribution in [0.25, 0.3) is 11.1 Å². The number of aliphatic carboxylic acids is 1. The molecule has 0 aromatic heterocycles. The number of nitrogens with one attached hydrogen (secondary N) is 1. The summed E-state index contributed by atoms with van der Waals surface area (Å²) in [4.78, 5) is 24.8. The van der Waals surface area contributed by atoms with Gasteiger partial charge in [0.1, 0.15) is 6.61 Å². The number of benzene rings is 2. The van der Waals surface area contributed by atoms with Gasteiger partial charge in [0.25, 0.3) is 0 Å². The molecule has 30 heavy (non-hydrogen) atoms. The smallest absolute Gasteiger partial charge is 0.407 e. The second kappa shape index (κ2) is 7.46. The van der Waals surface area contributed by atoms with Crippen molar-refractivity contribution in [1.29, 1.82) is 0 Å². The first-order valence-corrected chi connectivity index (χ1v) is 10.6. The van der Waals surface area contributed by atoms with E-state index in [-0.39, 0.29) is 17.9 Å². The fourth-order valence-electron chi connectivity index (χ4n) is 5.52. The number of hydrogen-bond acceptors (Lipinski definition) is 3. The third-order valence-electron chi connectivity index (χ3n) is 6.91. The van der Waals surface area contributed by atoms with E-state index in [1.165, 1.54) is 11.1 Å². The van der Waals surface area contributed by atoms with Crippen LogP contribution in [0.1, 0.15) is 57.1 Å². The summed E-state index contributed by atoms with van der Waals surface area (Å²) >= 11 is 0. The number of carboxylic acid groups (broad SMARTS) is 1. The molecule has 0 heterocycles. The first-order chi connectivity index (χ1) is 14.3. The highest BCUT2D eigenvalue weighted by atomic mass is 16.5. The van der Waals surface area contributed by atoms with E-state index in [4.69, 9.17) is 4.74 Å². The highest BCUT2D eigenvalue weighted by molar-refractivity contribution is 5.80. The first-order valence-electron chi connectivity index (χ1n) is 10.6. The van der Waals surface area contributed by atoms with Gasteiger partial charge in [-0.25, -0.2) is 4.79 Å².